The van der Waals surface area contributed by atoms with Crippen molar-refractivity contribution < 1.29 is 9.59 Å². The Morgan fingerprint density at radius 2 is 1.79 bits per heavy atom. The number of nitrogens with zero attached hydrogens (tertiary/aromatic N) is 3. The Labute approximate surface area is 165 Å². The molecule has 0 saturated carbocycles. The van der Waals surface area contributed by atoms with Gasteiger partial charge in [-0.25, -0.2) is 0 Å². The molecular formula is C23H23N3O2. The van der Waals surface area contributed by atoms with Gasteiger partial charge in [0.2, 0.25) is 0 Å². The van der Waals surface area contributed by atoms with Crippen molar-refractivity contribution >= 4 is 17.9 Å². The van der Waals surface area contributed by atoms with Gasteiger partial charge in [-0.05, 0) is 42.7 Å². The average Bonchev–Trinajstić information content (AvgIpc) is 2.70. The number of hydrogen-bond donors (Lipinski definition) is 0. The summed E-state index contributed by atoms with van der Waals surface area (Å²) in [6, 6.07) is 17.3. The lowest BCUT2D eigenvalue weighted by Crippen LogP contribution is -2.64. The fourth-order valence-corrected chi connectivity index (χ4v) is 3.54. The summed E-state index contributed by atoms with van der Waals surface area (Å²) in [7, 11) is 3.27. The molecule has 3 rings (SSSR count). The Balaban J connectivity index is 2.00. The van der Waals surface area contributed by atoms with E-state index in [1.165, 1.54) is 9.80 Å². The number of piperazine rings is 1. The summed E-state index contributed by atoms with van der Waals surface area (Å²) < 4.78 is 0. The molecule has 1 unspecified atom stereocenters. The van der Waals surface area contributed by atoms with Gasteiger partial charge in [-0.1, -0.05) is 42.5 Å². The lowest BCUT2D eigenvalue weighted by Gasteiger charge is -2.45. The molecule has 1 atom stereocenters. The maximum Gasteiger partial charge on any atom is 0.271 e. The number of rotatable bonds is 3. The van der Waals surface area contributed by atoms with Gasteiger partial charge >= 0.3 is 0 Å². The summed E-state index contributed by atoms with van der Waals surface area (Å²) in [5.74, 6) is -0.402. The van der Waals surface area contributed by atoms with Crippen molar-refractivity contribution in [1.82, 2.24) is 9.80 Å². The number of benzene rings is 2. The van der Waals surface area contributed by atoms with Crippen LogP contribution in [0.5, 0.6) is 0 Å². The number of carbonyl (C=O) groups excluding carboxylic acids is 2. The molecule has 0 spiro atoms. The highest BCUT2D eigenvalue weighted by molar-refractivity contribution is 6.08. The standard InChI is InChI=1S/C23H23N3O2/c1-16-10-11-18(19(12-16)15-24)13-20-21(27)26(4)23(2,22(28)25(20)3)14-17-8-6-5-7-9-17/h5-13H,14H2,1-4H3/b20-13-. The second-order valence-corrected chi connectivity index (χ2v) is 7.40. The fourth-order valence-electron chi connectivity index (χ4n) is 3.54. The van der Waals surface area contributed by atoms with Crippen LogP contribution in [0, 0.1) is 18.3 Å². The monoisotopic (exact) mass is 373 g/mol. The molecule has 1 saturated heterocycles. The molecule has 0 aromatic heterocycles. The molecule has 28 heavy (non-hydrogen) atoms. The van der Waals surface area contributed by atoms with Gasteiger partial charge in [0.1, 0.15) is 11.2 Å². The van der Waals surface area contributed by atoms with Gasteiger partial charge in [-0.2, -0.15) is 5.26 Å². The molecule has 0 bridgehead atoms. The Hall–Kier alpha value is -3.39. The van der Waals surface area contributed by atoms with Gasteiger partial charge in [-0.15, -0.1) is 0 Å². The third-order valence-corrected chi connectivity index (χ3v) is 5.40. The van der Waals surface area contributed by atoms with E-state index in [4.69, 9.17) is 0 Å². The second kappa shape index (κ2) is 7.32. The predicted octanol–water partition coefficient (Wildman–Crippen LogP) is 3.14. The summed E-state index contributed by atoms with van der Waals surface area (Å²) in [5.41, 5.74) is 2.33. The van der Waals surface area contributed by atoms with E-state index in [0.29, 0.717) is 17.5 Å². The third kappa shape index (κ3) is 3.29. The molecule has 142 valence electrons. The van der Waals surface area contributed by atoms with Gasteiger partial charge in [0.25, 0.3) is 11.8 Å². The first kappa shape index (κ1) is 19.4. The van der Waals surface area contributed by atoms with Crippen molar-refractivity contribution in [3.05, 3.63) is 76.5 Å². The molecule has 1 fully saturated rings. The zero-order valence-corrected chi connectivity index (χ0v) is 16.6. The van der Waals surface area contributed by atoms with Crippen LogP contribution in [0.1, 0.15) is 29.2 Å². The van der Waals surface area contributed by atoms with Crippen LogP contribution in [0.4, 0.5) is 0 Å². The summed E-state index contributed by atoms with van der Waals surface area (Å²) >= 11 is 0. The van der Waals surface area contributed by atoms with Crippen LogP contribution < -0.4 is 0 Å². The highest BCUT2D eigenvalue weighted by Crippen LogP contribution is 2.31. The van der Waals surface area contributed by atoms with Gasteiger partial charge < -0.3 is 9.80 Å². The maximum absolute atomic E-state index is 13.2. The highest BCUT2D eigenvalue weighted by atomic mass is 16.2. The van der Waals surface area contributed by atoms with Crippen molar-refractivity contribution in [2.24, 2.45) is 0 Å². The van der Waals surface area contributed by atoms with Crippen LogP contribution in [-0.4, -0.2) is 41.2 Å². The SMILES string of the molecule is Cc1ccc(/C=C2/C(=O)N(C)C(C)(Cc3ccccc3)C(=O)N2C)c(C#N)c1. The summed E-state index contributed by atoms with van der Waals surface area (Å²) in [6.07, 6.45) is 2.05. The average molecular weight is 373 g/mol. The van der Waals surface area contributed by atoms with Gasteiger partial charge in [0, 0.05) is 20.5 Å². The Kier molecular flexibility index (Phi) is 5.06. The lowest BCUT2D eigenvalue weighted by atomic mass is 9.87. The maximum atomic E-state index is 13.2. The molecule has 2 aromatic carbocycles. The van der Waals surface area contributed by atoms with E-state index < -0.39 is 5.54 Å². The van der Waals surface area contributed by atoms with E-state index in [1.54, 1.807) is 39.2 Å². The highest BCUT2D eigenvalue weighted by Gasteiger charge is 2.48. The quantitative estimate of drug-likeness (QED) is 0.777. The number of aryl methyl sites for hydroxylation is 1. The first-order chi connectivity index (χ1) is 13.3. The van der Waals surface area contributed by atoms with Crippen LogP contribution in [0.15, 0.2) is 54.2 Å². The molecule has 5 nitrogen and oxygen atoms in total. The largest absolute Gasteiger partial charge is 0.326 e. The van der Waals surface area contributed by atoms with Crippen molar-refractivity contribution in [1.29, 1.82) is 5.26 Å². The number of nitriles is 1. The molecule has 0 radical (unpaired) electrons. The molecule has 2 amide bonds. The summed E-state index contributed by atoms with van der Waals surface area (Å²) in [4.78, 5) is 29.3. The van der Waals surface area contributed by atoms with Crippen molar-refractivity contribution in [3.63, 3.8) is 0 Å². The van der Waals surface area contributed by atoms with Crippen LogP contribution in [0.3, 0.4) is 0 Å². The molecule has 1 aliphatic heterocycles. The zero-order chi connectivity index (χ0) is 20.5. The van der Waals surface area contributed by atoms with E-state index >= 15 is 0 Å². The number of amides is 2. The van der Waals surface area contributed by atoms with E-state index in [1.807, 2.05) is 43.3 Å². The van der Waals surface area contributed by atoms with Gasteiger partial charge in [0.15, 0.2) is 0 Å². The van der Waals surface area contributed by atoms with E-state index in [9.17, 15) is 14.9 Å². The number of hydrogen-bond acceptors (Lipinski definition) is 3. The van der Waals surface area contributed by atoms with E-state index in [-0.39, 0.29) is 17.5 Å². The smallest absolute Gasteiger partial charge is 0.271 e. The number of likely N-dealkylation sites (N-methyl/N-ethyl adjacent to an activating group) is 2. The molecule has 0 N–H and O–H groups in total. The van der Waals surface area contributed by atoms with E-state index in [2.05, 4.69) is 6.07 Å². The summed E-state index contributed by atoms with van der Waals surface area (Å²) in [6.45, 7) is 3.70. The zero-order valence-electron chi connectivity index (χ0n) is 16.6. The second-order valence-electron chi connectivity index (χ2n) is 7.40. The van der Waals surface area contributed by atoms with Gasteiger partial charge in [-0.3, -0.25) is 9.59 Å². The van der Waals surface area contributed by atoms with E-state index in [0.717, 1.165) is 11.1 Å². The predicted molar refractivity (Wildman–Crippen MR) is 108 cm³/mol. The van der Waals surface area contributed by atoms with Crippen LogP contribution in [0.2, 0.25) is 0 Å². The molecular weight excluding hydrogens is 350 g/mol. The van der Waals surface area contributed by atoms with Crippen molar-refractivity contribution in [2.45, 2.75) is 25.8 Å². The minimum absolute atomic E-state index is 0.157. The Bertz CT molecular complexity index is 1000. The number of carbonyl (C=O) groups is 2. The first-order valence-corrected chi connectivity index (χ1v) is 9.10. The van der Waals surface area contributed by atoms with Crippen LogP contribution in [-0.2, 0) is 16.0 Å². The molecule has 2 aromatic rings. The van der Waals surface area contributed by atoms with Gasteiger partial charge in [0.05, 0.1) is 11.6 Å². The summed E-state index contributed by atoms with van der Waals surface area (Å²) in [5, 5.41) is 9.40. The molecule has 1 heterocycles. The van der Waals surface area contributed by atoms with Crippen molar-refractivity contribution in [2.75, 3.05) is 14.1 Å². The van der Waals surface area contributed by atoms with Crippen molar-refractivity contribution in [3.8, 4) is 6.07 Å². The molecule has 1 aliphatic rings. The minimum Gasteiger partial charge on any atom is -0.326 e. The minimum atomic E-state index is -0.976. The van der Waals surface area contributed by atoms with Crippen LogP contribution in [0.25, 0.3) is 6.08 Å². The third-order valence-electron chi connectivity index (χ3n) is 5.40. The fraction of sp³-hybridized carbons (Fsp3) is 0.261. The first-order valence-electron chi connectivity index (χ1n) is 9.10. The van der Waals surface area contributed by atoms with Crippen LogP contribution >= 0.6 is 0 Å². The molecule has 0 aliphatic carbocycles. The lowest BCUT2D eigenvalue weighted by molar-refractivity contribution is -0.155. The normalized spacial score (nSPS) is 21.2. The Morgan fingerprint density at radius 3 is 2.43 bits per heavy atom. The Morgan fingerprint density at radius 1 is 1.11 bits per heavy atom. The molecule has 5 heteroatoms. The topological polar surface area (TPSA) is 64.4 Å².